The van der Waals surface area contributed by atoms with Gasteiger partial charge >= 0.3 is 0 Å². The van der Waals surface area contributed by atoms with Gasteiger partial charge in [0.25, 0.3) is 0 Å². The Morgan fingerprint density at radius 2 is 2.14 bits per heavy atom. The van der Waals surface area contributed by atoms with Gasteiger partial charge in [-0.25, -0.2) is 0 Å². The lowest BCUT2D eigenvalue weighted by Crippen LogP contribution is -2.45. The van der Waals surface area contributed by atoms with Crippen LogP contribution in [0.15, 0.2) is 23.1 Å². The molecule has 21 heavy (non-hydrogen) atoms. The van der Waals surface area contributed by atoms with Crippen LogP contribution in [0.4, 0.5) is 0 Å². The summed E-state index contributed by atoms with van der Waals surface area (Å²) < 4.78 is 0. The van der Waals surface area contributed by atoms with Crippen LogP contribution in [-0.4, -0.2) is 40.9 Å². The number of piperidine rings is 1. The van der Waals surface area contributed by atoms with Gasteiger partial charge in [-0.05, 0) is 49.4 Å². The van der Waals surface area contributed by atoms with Crippen molar-refractivity contribution in [2.75, 3.05) is 18.8 Å². The number of nitrogens with zero attached hydrogens (tertiary/aromatic N) is 1. The molecule has 3 nitrogen and oxygen atoms in total. The quantitative estimate of drug-likeness (QED) is 0.869. The molecule has 0 saturated carbocycles. The number of hydrogen-bond donors (Lipinski definition) is 1. The molecule has 2 rings (SSSR count). The maximum Gasteiger partial charge on any atom is 0.223 e. The molecule has 1 heterocycles. The minimum Gasteiger partial charge on any atom is -0.393 e. The molecule has 0 aromatic heterocycles. The fourth-order valence-corrected chi connectivity index (χ4v) is 3.51. The largest absolute Gasteiger partial charge is 0.393 e. The Morgan fingerprint density at radius 1 is 1.38 bits per heavy atom. The van der Waals surface area contributed by atoms with Crippen LogP contribution in [0.5, 0.6) is 0 Å². The first-order valence-corrected chi connectivity index (χ1v) is 8.62. The van der Waals surface area contributed by atoms with Crippen LogP contribution >= 0.6 is 11.8 Å². The van der Waals surface area contributed by atoms with Gasteiger partial charge in [0, 0.05) is 30.2 Å². The Morgan fingerprint density at radius 3 is 2.81 bits per heavy atom. The van der Waals surface area contributed by atoms with Crippen molar-refractivity contribution in [3.8, 4) is 0 Å². The zero-order chi connectivity index (χ0) is 15.4. The van der Waals surface area contributed by atoms with Gasteiger partial charge in [-0.1, -0.05) is 13.0 Å². The lowest BCUT2D eigenvalue weighted by molar-refractivity contribution is -0.134. The summed E-state index contributed by atoms with van der Waals surface area (Å²) in [5, 5.41) is 9.71. The van der Waals surface area contributed by atoms with Crippen molar-refractivity contribution in [1.82, 2.24) is 4.90 Å². The summed E-state index contributed by atoms with van der Waals surface area (Å²) in [7, 11) is 0. The van der Waals surface area contributed by atoms with Crippen LogP contribution in [0.2, 0.25) is 0 Å². The Labute approximate surface area is 131 Å². The minimum absolute atomic E-state index is 0.190. The van der Waals surface area contributed by atoms with E-state index in [0.29, 0.717) is 25.9 Å². The van der Waals surface area contributed by atoms with E-state index in [1.54, 1.807) is 11.8 Å². The van der Waals surface area contributed by atoms with Crippen LogP contribution in [0.25, 0.3) is 0 Å². The Hall–Kier alpha value is -1.00. The van der Waals surface area contributed by atoms with Crippen molar-refractivity contribution in [2.45, 2.75) is 44.6 Å². The third-order valence-electron chi connectivity index (χ3n) is 4.28. The van der Waals surface area contributed by atoms with Gasteiger partial charge in [0.2, 0.25) is 5.91 Å². The number of thioether (sulfide) groups is 1. The number of carbonyl (C=O) groups excluding carboxylic acids is 1. The summed E-state index contributed by atoms with van der Waals surface area (Å²) >= 11 is 1.74. The van der Waals surface area contributed by atoms with E-state index in [1.165, 1.54) is 16.0 Å². The smallest absolute Gasteiger partial charge is 0.223 e. The second-order valence-electron chi connectivity index (χ2n) is 6.02. The van der Waals surface area contributed by atoms with E-state index >= 15 is 0 Å². The molecule has 0 radical (unpaired) electrons. The summed E-state index contributed by atoms with van der Waals surface area (Å²) in [4.78, 5) is 15.3. The summed E-state index contributed by atoms with van der Waals surface area (Å²) in [5.74, 6) is 1.22. The first kappa shape index (κ1) is 16.4. The van der Waals surface area contributed by atoms with Gasteiger partial charge in [-0.3, -0.25) is 4.79 Å². The zero-order valence-corrected chi connectivity index (χ0v) is 13.9. The molecular weight excluding hydrogens is 282 g/mol. The minimum atomic E-state index is -0.251. The summed E-state index contributed by atoms with van der Waals surface area (Å²) in [6.45, 7) is 7.62. The highest BCUT2D eigenvalue weighted by Gasteiger charge is 2.26. The predicted molar refractivity (Wildman–Crippen MR) is 87.6 cm³/mol. The molecule has 1 aliphatic rings. The van der Waals surface area contributed by atoms with Crippen molar-refractivity contribution in [1.29, 1.82) is 0 Å². The van der Waals surface area contributed by atoms with Gasteiger partial charge in [0.1, 0.15) is 0 Å². The molecule has 1 aromatic rings. The van der Waals surface area contributed by atoms with Crippen molar-refractivity contribution in [3.63, 3.8) is 0 Å². The van der Waals surface area contributed by atoms with Crippen LogP contribution < -0.4 is 0 Å². The van der Waals surface area contributed by atoms with E-state index in [2.05, 4.69) is 32.0 Å². The number of hydrogen-bond acceptors (Lipinski definition) is 3. The second kappa shape index (κ2) is 7.32. The highest BCUT2D eigenvalue weighted by atomic mass is 32.2. The van der Waals surface area contributed by atoms with E-state index in [-0.39, 0.29) is 17.9 Å². The third-order valence-corrected chi connectivity index (χ3v) is 5.27. The number of aliphatic hydroxyl groups excluding tert-OH is 1. The SMILES string of the molecule is Cc1ccc(SCCC(=O)N2CCC(O)C(C)C2)cc1C. The normalized spacial score (nSPS) is 22.4. The third kappa shape index (κ3) is 4.48. The summed E-state index contributed by atoms with van der Waals surface area (Å²) in [6.07, 6.45) is 1.02. The van der Waals surface area contributed by atoms with Crippen molar-refractivity contribution >= 4 is 17.7 Å². The molecule has 4 heteroatoms. The van der Waals surface area contributed by atoms with E-state index in [4.69, 9.17) is 0 Å². The number of benzene rings is 1. The van der Waals surface area contributed by atoms with Crippen LogP contribution in [-0.2, 0) is 4.79 Å². The number of rotatable bonds is 4. The predicted octanol–water partition coefficient (Wildman–Crippen LogP) is 3.01. The number of aliphatic hydroxyl groups is 1. The number of amides is 1. The van der Waals surface area contributed by atoms with Crippen molar-refractivity contribution in [2.24, 2.45) is 5.92 Å². The first-order chi connectivity index (χ1) is 9.97. The highest BCUT2D eigenvalue weighted by Crippen LogP contribution is 2.23. The van der Waals surface area contributed by atoms with Crippen LogP contribution in [0.1, 0.15) is 30.9 Å². The fourth-order valence-electron chi connectivity index (χ4n) is 2.58. The fraction of sp³-hybridized carbons (Fsp3) is 0.588. The molecule has 1 N–H and O–H groups in total. The summed E-state index contributed by atoms with van der Waals surface area (Å²) in [5.41, 5.74) is 2.60. The monoisotopic (exact) mass is 307 g/mol. The Kier molecular flexibility index (Phi) is 5.71. The standard InChI is InChI=1S/C17H25NO2S/c1-12-4-5-15(10-13(12)2)21-9-7-17(20)18-8-6-16(19)14(3)11-18/h4-5,10,14,16,19H,6-9,11H2,1-3H3. The zero-order valence-electron chi connectivity index (χ0n) is 13.1. The van der Waals surface area contributed by atoms with Gasteiger partial charge in [-0.15, -0.1) is 11.8 Å². The topological polar surface area (TPSA) is 40.5 Å². The maximum absolute atomic E-state index is 12.2. The van der Waals surface area contributed by atoms with E-state index in [1.807, 2.05) is 11.8 Å². The second-order valence-corrected chi connectivity index (χ2v) is 7.19. The van der Waals surface area contributed by atoms with E-state index in [0.717, 1.165) is 5.75 Å². The summed E-state index contributed by atoms with van der Waals surface area (Å²) in [6, 6.07) is 6.44. The van der Waals surface area contributed by atoms with Gasteiger partial charge in [-0.2, -0.15) is 0 Å². The molecule has 2 atom stereocenters. The molecule has 1 aliphatic heterocycles. The molecular formula is C17H25NO2S. The van der Waals surface area contributed by atoms with Gasteiger partial charge in [0.05, 0.1) is 6.10 Å². The van der Waals surface area contributed by atoms with Crippen molar-refractivity contribution in [3.05, 3.63) is 29.3 Å². The maximum atomic E-state index is 12.2. The van der Waals surface area contributed by atoms with E-state index in [9.17, 15) is 9.90 Å². The molecule has 0 bridgehead atoms. The number of aryl methyl sites for hydroxylation is 2. The van der Waals surface area contributed by atoms with Gasteiger partial charge in [0.15, 0.2) is 0 Å². The lowest BCUT2D eigenvalue weighted by Gasteiger charge is -2.34. The molecule has 0 spiro atoms. The molecule has 1 aromatic carbocycles. The Bertz CT molecular complexity index is 504. The lowest BCUT2D eigenvalue weighted by atomic mass is 9.96. The van der Waals surface area contributed by atoms with Crippen molar-refractivity contribution < 1.29 is 9.90 Å². The van der Waals surface area contributed by atoms with Crippen LogP contribution in [0, 0.1) is 19.8 Å². The number of carbonyl (C=O) groups is 1. The molecule has 116 valence electrons. The average molecular weight is 307 g/mol. The molecule has 1 amide bonds. The first-order valence-electron chi connectivity index (χ1n) is 7.63. The Balaban J connectivity index is 1.77. The molecule has 0 aliphatic carbocycles. The molecule has 1 saturated heterocycles. The van der Waals surface area contributed by atoms with Crippen LogP contribution in [0.3, 0.4) is 0 Å². The van der Waals surface area contributed by atoms with E-state index < -0.39 is 0 Å². The highest BCUT2D eigenvalue weighted by molar-refractivity contribution is 7.99. The number of likely N-dealkylation sites (tertiary alicyclic amines) is 1. The van der Waals surface area contributed by atoms with Gasteiger partial charge < -0.3 is 10.0 Å². The average Bonchev–Trinajstić information content (AvgIpc) is 2.45. The molecule has 1 fully saturated rings. The molecule has 2 unspecified atom stereocenters.